The van der Waals surface area contributed by atoms with Gasteiger partial charge in [0.25, 0.3) is 0 Å². The van der Waals surface area contributed by atoms with Crippen molar-refractivity contribution in [1.82, 2.24) is 15.0 Å². The lowest BCUT2D eigenvalue weighted by Gasteiger charge is -2.14. The molecule has 0 aliphatic heterocycles. The molecule has 4 aromatic heterocycles. The Morgan fingerprint density at radius 1 is 0.400 bits per heavy atom. The molecule has 5 heteroatoms. The third kappa shape index (κ3) is 4.52. The lowest BCUT2D eigenvalue weighted by Crippen LogP contribution is -1.97. The fraction of sp³-hybridized carbons (Fsp3) is 0. The summed E-state index contributed by atoms with van der Waals surface area (Å²) < 4.78 is 13.1. The number of hydrogen-bond donors (Lipinski definition) is 0. The highest BCUT2D eigenvalue weighted by atomic mass is 16.3. The average molecular weight is 642 g/mol. The molecule has 10 rings (SSSR count). The van der Waals surface area contributed by atoms with Gasteiger partial charge in [-0.15, -0.1) is 0 Å². The van der Waals surface area contributed by atoms with Crippen molar-refractivity contribution >= 4 is 43.9 Å². The Labute approximate surface area is 287 Å². The molecule has 0 bridgehead atoms. The summed E-state index contributed by atoms with van der Waals surface area (Å²) in [5, 5.41) is 4.25. The Kier molecular flexibility index (Phi) is 6.42. The fourth-order valence-corrected chi connectivity index (χ4v) is 7.17. The minimum absolute atomic E-state index is 0.641. The van der Waals surface area contributed by atoms with Gasteiger partial charge < -0.3 is 8.83 Å². The van der Waals surface area contributed by atoms with E-state index in [0.29, 0.717) is 5.82 Å². The van der Waals surface area contributed by atoms with Gasteiger partial charge in [-0.3, -0.25) is 4.98 Å². The first-order chi connectivity index (χ1) is 24.8. The zero-order chi connectivity index (χ0) is 33.0. The van der Waals surface area contributed by atoms with Gasteiger partial charge >= 0.3 is 0 Å². The molecular weight excluding hydrogens is 615 g/mol. The number of hydrogen-bond acceptors (Lipinski definition) is 5. The molecule has 4 heterocycles. The quantitative estimate of drug-likeness (QED) is 0.187. The first kappa shape index (κ1) is 28.2. The van der Waals surface area contributed by atoms with E-state index in [9.17, 15) is 0 Å². The molecule has 0 aliphatic carbocycles. The summed E-state index contributed by atoms with van der Waals surface area (Å²) in [6.07, 6.45) is 3.68. The van der Waals surface area contributed by atoms with E-state index in [0.717, 1.165) is 94.2 Å². The maximum atomic E-state index is 6.77. The van der Waals surface area contributed by atoms with E-state index in [-0.39, 0.29) is 0 Å². The van der Waals surface area contributed by atoms with Gasteiger partial charge in [0.05, 0.1) is 11.4 Å². The first-order valence-electron chi connectivity index (χ1n) is 16.6. The van der Waals surface area contributed by atoms with Crippen molar-refractivity contribution in [3.63, 3.8) is 0 Å². The van der Waals surface area contributed by atoms with Crippen LogP contribution in [0, 0.1) is 0 Å². The molecule has 5 nitrogen and oxygen atoms in total. The van der Waals surface area contributed by atoms with Crippen molar-refractivity contribution in [2.45, 2.75) is 0 Å². The highest BCUT2D eigenvalue weighted by Crippen LogP contribution is 2.45. The summed E-state index contributed by atoms with van der Waals surface area (Å²) in [7, 11) is 0. The maximum absolute atomic E-state index is 6.77. The number of fused-ring (bicyclic) bond motifs is 6. The molecular formula is C45H27N3O2. The van der Waals surface area contributed by atoms with Gasteiger partial charge in [-0.1, -0.05) is 115 Å². The topological polar surface area (TPSA) is 65.0 Å². The molecule has 0 saturated heterocycles. The van der Waals surface area contributed by atoms with Crippen LogP contribution in [-0.4, -0.2) is 15.0 Å². The largest absolute Gasteiger partial charge is 0.456 e. The van der Waals surface area contributed by atoms with E-state index in [1.54, 1.807) is 6.20 Å². The van der Waals surface area contributed by atoms with Crippen molar-refractivity contribution in [3.8, 4) is 56.2 Å². The summed E-state index contributed by atoms with van der Waals surface area (Å²) in [5.41, 5.74) is 12.0. The minimum Gasteiger partial charge on any atom is -0.456 e. The van der Waals surface area contributed by atoms with Crippen LogP contribution in [0.4, 0.5) is 0 Å². The number of aromatic nitrogens is 3. The van der Waals surface area contributed by atoms with E-state index in [2.05, 4.69) is 77.8 Å². The number of benzene rings is 6. The number of rotatable bonds is 5. The van der Waals surface area contributed by atoms with E-state index in [4.69, 9.17) is 18.8 Å². The Bertz CT molecular complexity index is 2870. The smallest absolute Gasteiger partial charge is 0.160 e. The van der Waals surface area contributed by atoms with Crippen LogP contribution in [0.5, 0.6) is 0 Å². The van der Waals surface area contributed by atoms with Crippen molar-refractivity contribution < 1.29 is 8.83 Å². The molecule has 0 fully saturated rings. The Morgan fingerprint density at radius 3 is 1.80 bits per heavy atom. The second-order valence-electron chi connectivity index (χ2n) is 12.4. The monoisotopic (exact) mass is 641 g/mol. The Balaban J connectivity index is 1.26. The summed E-state index contributed by atoms with van der Waals surface area (Å²) in [6.45, 7) is 0. The third-order valence-electron chi connectivity index (χ3n) is 9.43. The lowest BCUT2D eigenvalue weighted by molar-refractivity contribution is 0.668. The van der Waals surface area contributed by atoms with Crippen LogP contribution in [0.2, 0.25) is 0 Å². The summed E-state index contributed by atoms with van der Waals surface area (Å²) in [5.74, 6) is 0.641. The molecule has 0 aliphatic rings. The molecule has 0 saturated carbocycles. The zero-order valence-corrected chi connectivity index (χ0v) is 26.7. The minimum atomic E-state index is 0.641. The molecule has 0 unspecified atom stereocenters. The number of furan rings is 2. The third-order valence-corrected chi connectivity index (χ3v) is 9.43. The van der Waals surface area contributed by atoms with Crippen LogP contribution >= 0.6 is 0 Å². The molecule has 10 aromatic rings. The molecule has 6 aromatic carbocycles. The highest BCUT2D eigenvalue weighted by molar-refractivity contribution is 6.21. The number of para-hydroxylation sites is 2. The van der Waals surface area contributed by atoms with Crippen molar-refractivity contribution in [2.24, 2.45) is 0 Å². The van der Waals surface area contributed by atoms with Crippen LogP contribution in [0.15, 0.2) is 173 Å². The van der Waals surface area contributed by atoms with Gasteiger partial charge in [0.1, 0.15) is 22.3 Å². The van der Waals surface area contributed by atoms with Crippen LogP contribution in [0.25, 0.3) is 100 Å². The lowest BCUT2D eigenvalue weighted by atomic mass is 9.93. The van der Waals surface area contributed by atoms with Crippen molar-refractivity contribution in [3.05, 3.63) is 164 Å². The van der Waals surface area contributed by atoms with E-state index < -0.39 is 0 Å². The van der Waals surface area contributed by atoms with Crippen molar-refractivity contribution in [1.29, 1.82) is 0 Å². The van der Waals surface area contributed by atoms with Gasteiger partial charge in [0, 0.05) is 56.2 Å². The van der Waals surface area contributed by atoms with Gasteiger partial charge in [0.15, 0.2) is 5.82 Å². The molecule has 0 amide bonds. The predicted molar refractivity (Wildman–Crippen MR) is 202 cm³/mol. The van der Waals surface area contributed by atoms with Crippen LogP contribution in [0.3, 0.4) is 0 Å². The van der Waals surface area contributed by atoms with Gasteiger partial charge in [-0.2, -0.15) is 0 Å². The summed E-state index contributed by atoms with van der Waals surface area (Å²) in [6, 6.07) is 51.6. The molecule has 0 radical (unpaired) electrons. The van der Waals surface area contributed by atoms with Crippen LogP contribution in [-0.2, 0) is 0 Å². The maximum Gasteiger partial charge on any atom is 0.160 e. The predicted octanol–water partition coefficient (Wildman–Crippen LogP) is 12.0. The summed E-state index contributed by atoms with van der Waals surface area (Å²) >= 11 is 0. The van der Waals surface area contributed by atoms with Crippen molar-refractivity contribution in [2.75, 3.05) is 0 Å². The number of nitrogens with zero attached hydrogens (tertiary/aromatic N) is 3. The molecule has 50 heavy (non-hydrogen) atoms. The zero-order valence-electron chi connectivity index (χ0n) is 26.7. The van der Waals surface area contributed by atoms with Gasteiger partial charge in [-0.25, -0.2) is 9.97 Å². The second kappa shape index (κ2) is 11.4. The molecule has 0 N–H and O–H groups in total. The van der Waals surface area contributed by atoms with E-state index >= 15 is 0 Å². The second-order valence-corrected chi connectivity index (χ2v) is 12.4. The SMILES string of the molecule is c1ccc(-c2nc(-c3ccccc3-c3cccnc3)cc(-c3ccc(-c4cccc5oc6ccccc6c45)c4c3oc3ccccc34)n2)cc1. The fourth-order valence-electron chi connectivity index (χ4n) is 7.17. The van der Waals surface area contributed by atoms with E-state index in [1.807, 2.05) is 85.1 Å². The van der Waals surface area contributed by atoms with Gasteiger partial charge in [0.2, 0.25) is 0 Å². The first-order valence-corrected chi connectivity index (χ1v) is 16.6. The number of pyridine rings is 1. The van der Waals surface area contributed by atoms with Gasteiger partial charge in [-0.05, 0) is 53.1 Å². The van der Waals surface area contributed by atoms with Crippen LogP contribution in [0.1, 0.15) is 0 Å². The molecule has 0 spiro atoms. The average Bonchev–Trinajstić information content (AvgIpc) is 3.77. The summed E-state index contributed by atoms with van der Waals surface area (Å²) in [4.78, 5) is 14.8. The van der Waals surface area contributed by atoms with E-state index in [1.165, 1.54) is 0 Å². The molecule has 0 atom stereocenters. The Morgan fingerprint density at radius 2 is 1.00 bits per heavy atom. The Hall–Kier alpha value is -6.85. The highest BCUT2D eigenvalue weighted by Gasteiger charge is 2.22. The molecule has 234 valence electrons. The standard InChI is InChI=1S/C45H27N3O2/c1-2-12-28(13-3-1)45-47-37(31-16-5-4-15-30(31)29-14-11-25-46-27-29)26-38(48-45)34-24-23-33(43-36-18-7-9-21-40(36)50-44(34)43)32-19-10-22-41-42(32)35-17-6-8-20-39(35)49-41/h1-27H. The normalized spacial score (nSPS) is 11.6. The van der Waals surface area contributed by atoms with Crippen LogP contribution < -0.4 is 0 Å².